The van der Waals surface area contributed by atoms with Gasteiger partial charge in [0, 0.05) is 5.39 Å². The van der Waals surface area contributed by atoms with Crippen molar-refractivity contribution in [3.63, 3.8) is 0 Å². The van der Waals surface area contributed by atoms with E-state index >= 15 is 0 Å². The number of benzene rings is 3. The Bertz CT molecular complexity index is 934. The van der Waals surface area contributed by atoms with E-state index in [4.69, 9.17) is 14.0 Å². The first-order valence-electron chi connectivity index (χ1n) is 9.41. The normalized spacial score (nSPS) is 18.0. The van der Waals surface area contributed by atoms with Gasteiger partial charge >= 0.3 is 7.12 Å². The Hall–Kier alpha value is -2.30. The van der Waals surface area contributed by atoms with Gasteiger partial charge in [-0.2, -0.15) is 0 Å². The Labute approximate surface area is 161 Å². The molecular formula is C23H25BO3. The first-order chi connectivity index (χ1) is 12.9. The van der Waals surface area contributed by atoms with Crippen LogP contribution in [0, 0.1) is 0 Å². The van der Waals surface area contributed by atoms with Gasteiger partial charge in [-0.3, -0.25) is 0 Å². The quantitative estimate of drug-likeness (QED) is 0.631. The zero-order valence-electron chi connectivity index (χ0n) is 16.4. The largest absolute Gasteiger partial charge is 0.495 e. The molecule has 1 fully saturated rings. The zero-order valence-corrected chi connectivity index (χ0v) is 16.4. The molecule has 3 aromatic rings. The third kappa shape index (κ3) is 3.35. The molecule has 1 aliphatic rings. The smallest absolute Gasteiger partial charge is 0.488 e. The molecule has 1 saturated heterocycles. The summed E-state index contributed by atoms with van der Waals surface area (Å²) in [5.41, 5.74) is 1.47. The van der Waals surface area contributed by atoms with Crippen molar-refractivity contribution < 1.29 is 14.0 Å². The van der Waals surface area contributed by atoms with Crippen LogP contribution in [0.3, 0.4) is 0 Å². The molecule has 3 aromatic carbocycles. The van der Waals surface area contributed by atoms with Gasteiger partial charge in [0.25, 0.3) is 0 Å². The van der Waals surface area contributed by atoms with Crippen molar-refractivity contribution in [3.05, 3.63) is 72.3 Å². The van der Waals surface area contributed by atoms with Crippen molar-refractivity contribution in [2.45, 2.75) is 45.5 Å². The number of fused-ring (bicyclic) bond motifs is 1. The van der Waals surface area contributed by atoms with Gasteiger partial charge in [0.2, 0.25) is 0 Å². The lowest BCUT2D eigenvalue weighted by Gasteiger charge is -2.32. The summed E-state index contributed by atoms with van der Waals surface area (Å²) in [6.45, 7) is 8.85. The monoisotopic (exact) mass is 360 g/mol. The molecule has 1 heterocycles. The van der Waals surface area contributed by atoms with E-state index in [0.717, 1.165) is 27.5 Å². The van der Waals surface area contributed by atoms with E-state index in [-0.39, 0.29) is 18.3 Å². The number of hydrogen-bond donors (Lipinski definition) is 0. The third-order valence-electron chi connectivity index (χ3n) is 5.66. The Morgan fingerprint density at radius 2 is 1.33 bits per heavy atom. The van der Waals surface area contributed by atoms with Crippen molar-refractivity contribution in [3.8, 4) is 5.75 Å². The molecule has 0 unspecified atom stereocenters. The Balaban J connectivity index is 1.67. The molecule has 3 nitrogen and oxygen atoms in total. The summed E-state index contributed by atoms with van der Waals surface area (Å²) >= 11 is 0. The Morgan fingerprint density at radius 3 is 2.00 bits per heavy atom. The van der Waals surface area contributed by atoms with Gasteiger partial charge in [0.05, 0.1) is 11.2 Å². The Kier molecular flexibility index (Phi) is 4.49. The van der Waals surface area contributed by atoms with Crippen LogP contribution in [0.15, 0.2) is 66.7 Å². The molecule has 4 heteroatoms. The highest BCUT2D eigenvalue weighted by molar-refractivity contribution is 6.65. The third-order valence-corrected chi connectivity index (χ3v) is 5.66. The molecule has 27 heavy (non-hydrogen) atoms. The maximum atomic E-state index is 6.26. The summed E-state index contributed by atoms with van der Waals surface area (Å²) in [5, 5.41) is 2.17. The predicted octanol–water partition coefficient (Wildman–Crippen LogP) is 4.72. The molecule has 0 aromatic heterocycles. The maximum absolute atomic E-state index is 6.26. The first-order valence-corrected chi connectivity index (χ1v) is 9.41. The van der Waals surface area contributed by atoms with E-state index in [1.165, 1.54) is 0 Å². The molecule has 0 saturated carbocycles. The molecule has 0 radical (unpaired) electrons. The molecule has 0 bridgehead atoms. The van der Waals surface area contributed by atoms with Gasteiger partial charge in [-0.1, -0.05) is 60.7 Å². The minimum absolute atomic E-state index is 0.360. The second-order valence-corrected chi connectivity index (χ2v) is 8.06. The van der Waals surface area contributed by atoms with E-state index in [0.29, 0.717) is 6.61 Å². The molecule has 0 atom stereocenters. The number of rotatable bonds is 4. The minimum atomic E-state index is -0.386. The summed E-state index contributed by atoms with van der Waals surface area (Å²) in [5.74, 6) is 0.870. The average molecular weight is 360 g/mol. The van der Waals surface area contributed by atoms with Gasteiger partial charge in [-0.05, 0) is 50.2 Å². The lowest BCUT2D eigenvalue weighted by Crippen LogP contribution is -2.41. The molecule has 0 spiro atoms. The van der Waals surface area contributed by atoms with Gasteiger partial charge in [0.1, 0.15) is 12.4 Å². The number of hydrogen-bond acceptors (Lipinski definition) is 3. The molecule has 0 aliphatic carbocycles. The van der Waals surface area contributed by atoms with Crippen molar-refractivity contribution in [2.75, 3.05) is 0 Å². The number of ether oxygens (including phenoxy) is 1. The summed E-state index contributed by atoms with van der Waals surface area (Å²) < 4.78 is 18.7. The average Bonchev–Trinajstić information content (AvgIpc) is 2.87. The van der Waals surface area contributed by atoms with Gasteiger partial charge < -0.3 is 14.0 Å². The van der Waals surface area contributed by atoms with Crippen LogP contribution in [-0.2, 0) is 15.9 Å². The van der Waals surface area contributed by atoms with E-state index in [2.05, 4.69) is 58.0 Å². The molecule has 0 amide bonds. The van der Waals surface area contributed by atoms with E-state index in [1.54, 1.807) is 0 Å². The summed E-state index contributed by atoms with van der Waals surface area (Å²) in [7, 11) is -0.386. The van der Waals surface area contributed by atoms with Crippen molar-refractivity contribution >= 4 is 23.4 Å². The molecule has 1 aliphatic heterocycles. The lowest BCUT2D eigenvalue weighted by atomic mass is 9.76. The topological polar surface area (TPSA) is 27.7 Å². The highest BCUT2D eigenvalue weighted by Crippen LogP contribution is 2.37. The van der Waals surface area contributed by atoms with Crippen molar-refractivity contribution in [1.29, 1.82) is 0 Å². The second kappa shape index (κ2) is 6.70. The highest BCUT2D eigenvalue weighted by Gasteiger charge is 2.52. The lowest BCUT2D eigenvalue weighted by molar-refractivity contribution is 0.00578. The summed E-state index contributed by atoms with van der Waals surface area (Å²) in [6.07, 6.45) is 0. The zero-order chi connectivity index (χ0) is 19.1. The van der Waals surface area contributed by atoms with Crippen LogP contribution < -0.4 is 10.2 Å². The molecular weight excluding hydrogens is 335 g/mol. The van der Waals surface area contributed by atoms with Crippen LogP contribution in [0.4, 0.5) is 0 Å². The van der Waals surface area contributed by atoms with Gasteiger partial charge in [-0.25, -0.2) is 0 Å². The van der Waals surface area contributed by atoms with Crippen molar-refractivity contribution in [1.82, 2.24) is 0 Å². The molecule has 0 N–H and O–H groups in total. The van der Waals surface area contributed by atoms with Gasteiger partial charge in [-0.15, -0.1) is 0 Å². The van der Waals surface area contributed by atoms with Crippen LogP contribution in [-0.4, -0.2) is 18.3 Å². The van der Waals surface area contributed by atoms with Crippen LogP contribution >= 0.6 is 0 Å². The van der Waals surface area contributed by atoms with Crippen LogP contribution in [0.1, 0.15) is 33.3 Å². The fraction of sp³-hybridized carbons (Fsp3) is 0.304. The first kappa shape index (κ1) is 18.1. The van der Waals surface area contributed by atoms with E-state index in [9.17, 15) is 0 Å². The van der Waals surface area contributed by atoms with Crippen LogP contribution in [0.25, 0.3) is 10.8 Å². The SMILES string of the molecule is CC1(C)OB(c2ccc(OCc3ccccc3)c3ccccc23)OC1(C)C. The standard InChI is InChI=1S/C23H25BO3/c1-22(2)23(3,4)27-24(26-22)20-14-15-21(19-13-9-8-12-18(19)20)25-16-17-10-6-5-7-11-17/h5-15H,16H2,1-4H3. The second-order valence-electron chi connectivity index (χ2n) is 8.06. The van der Waals surface area contributed by atoms with E-state index < -0.39 is 0 Å². The molecule has 138 valence electrons. The molecule has 4 rings (SSSR count). The maximum Gasteiger partial charge on any atom is 0.495 e. The van der Waals surface area contributed by atoms with Crippen molar-refractivity contribution in [2.24, 2.45) is 0 Å². The summed E-state index contributed by atoms with van der Waals surface area (Å²) in [6, 6.07) is 22.5. The fourth-order valence-electron chi connectivity index (χ4n) is 3.33. The van der Waals surface area contributed by atoms with Crippen LogP contribution in [0.2, 0.25) is 0 Å². The van der Waals surface area contributed by atoms with Crippen LogP contribution in [0.5, 0.6) is 5.75 Å². The predicted molar refractivity (Wildman–Crippen MR) is 110 cm³/mol. The van der Waals surface area contributed by atoms with Gasteiger partial charge in [0.15, 0.2) is 0 Å². The fourth-order valence-corrected chi connectivity index (χ4v) is 3.33. The van der Waals surface area contributed by atoms with E-state index in [1.807, 2.05) is 36.4 Å². The Morgan fingerprint density at radius 1 is 0.741 bits per heavy atom. The minimum Gasteiger partial charge on any atom is -0.488 e. The summed E-state index contributed by atoms with van der Waals surface area (Å²) in [4.78, 5) is 0. The highest BCUT2D eigenvalue weighted by atomic mass is 16.7.